The van der Waals surface area contributed by atoms with E-state index >= 15 is 0 Å². The van der Waals surface area contributed by atoms with Crippen molar-refractivity contribution >= 4 is 11.8 Å². The van der Waals surface area contributed by atoms with Gasteiger partial charge < -0.3 is 9.15 Å². The van der Waals surface area contributed by atoms with Gasteiger partial charge in [0.1, 0.15) is 0 Å². The molecule has 0 N–H and O–H groups in total. The lowest BCUT2D eigenvalue weighted by Crippen LogP contribution is -2.21. The molecule has 4 nitrogen and oxygen atoms in total. The van der Waals surface area contributed by atoms with E-state index in [0.29, 0.717) is 17.2 Å². The third kappa shape index (κ3) is 3.36. The van der Waals surface area contributed by atoms with Gasteiger partial charge in [0.15, 0.2) is 0 Å². The van der Waals surface area contributed by atoms with E-state index in [1.54, 1.807) is 11.8 Å². The molecular formula is C14H16N2O2S. The summed E-state index contributed by atoms with van der Waals surface area (Å²) in [6.45, 7) is 0.879. The number of nitrogens with zero attached hydrogens (tertiary/aromatic N) is 2. The largest absolute Gasteiger partial charge is 0.411 e. The summed E-state index contributed by atoms with van der Waals surface area (Å²) in [6, 6.07) is 9.82. The zero-order chi connectivity index (χ0) is 12.9. The molecule has 1 saturated heterocycles. The van der Waals surface area contributed by atoms with Gasteiger partial charge in [-0.25, -0.2) is 0 Å². The topological polar surface area (TPSA) is 48.2 Å². The first-order chi connectivity index (χ1) is 9.42. The molecule has 2 heterocycles. The number of hydrogen-bond donors (Lipinski definition) is 0. The summed E-state index contributed by atoms with van der Waals surface area (Å²) in [5.74, 6) is 1.46. The smallest absolute Gasteiger partial charge is 0.276 e. The van der Waals surface area contributed by atoms with Gasteiger partial charge in [-0.1, -0.05) is 30.0 Å². The molecule has 0 radical (unpaired) electrons. The Hall–Kier alpha value is -1.33. The first kappa shape index (κ1) is 12.7. The standard InChI is InChI=1S/C14H16N2O2S/c1-2-6-11(7-3-1)13-15-16-14(18-13)19-10-12-8-4-5-9-17-12/h1-3,6-7,12H,4-5,8-10H2. The minimum atomic E-state index is 0.325. The monoisotopic (exact) mass is 276 g/mol. The lowest BCUT2D eigenvalue weighted by atomic mass is 10.1. The molecule has 1 aromatic heterocycles. The summed E-state index contributed by atoms with van der Waals surface area (Å²) in [5.41, 5.74) is 0.954. The van der Waals surface area contributed by atoms with Crippen molar-refractivity contribution in [2.75, 3.05) is 12.4 Å². The third-order valence-electron chi connectivity index (χ3n) is 3.09. The highest BCUT2D eigenvalue weighted by Gasteiger charge is 2.16. The SMILES string of the molecule is c1ccc(-c2nnc(SCC3CCCCO3)o2)cc1. The fraction of sp³-hybridized carbons (Fsp3) is 0.429. The van der Waals surface area contributed by atoms with Gasteiger partial charge in [0.25, 0.3) is 5.22 Å². The van der Waals surface area contributed by atoms with E-state index in [4.69, 9.17) is 9.15 Å². The molecule has 1 aliphatic rings. The first-order valence-electron chi connectivity index (χ1n) is 6.55. The van der Waals surface area contributed by atoms with E-state index in [1.165, 1.54) is 12.8 Å². The molecule has 1 aliphatic heterocycles. The van der Waals surface area contributed by atoms with E-state index < -0.39 is 0 Å². The molecule has 19 heavy (non-hydrogen) atoms. The molecule has 0 amide bonds. The Morgan fingerprint density at radius 1 is 1.16 bits per heavy atom. The zero-order valence-corrected chi connectivity index (χ0v) is 11.4. The summed E-state index contributed by atoms with van der Waals surface area (Å²) in [6.07, 6.45) is 3.89. The van der Waals surface area contributed by atoms with Crippen LogP contribution in [0.25, 0.3) is 11.5 Å². The Kier molecular flexibility index (Phi) is 4.15. The van der Waals surface area contributed by atoms with Crippen LogP contribution < -0.4 is 0 Å². The maximum atomic E-state index is 5.68. The molecule has 2 aromatic rings. The van der Waals surface area contributed by atoms with Crippen molar-refractivity contribution in [3.05, 3.63) is 30.3 Å². The van der Waals surface area contributed by atoms with Crippen LogP contribution in [0.1, 0.15) is 19.3 Å². The van der Waals surface area contributed by atoms with Gasteiger partial charge in [-0.3, -0.25) is 0 Å². The van der Waals surface area contributed by atoms with Crippen LogP contribution in [0.4, 0.5) is 0 Å². The second-order valence-electron chi connectivity index (χ2n) is 4.54. The van der Waals surface area contributed by atoms with Gasteiger partial charge in [0.05, 0.1) is 6.10 Å². The van der Waals surface area contributed by atoms with Crippen molar-refractivity contribution in [1.82, 2.24) is 10.2 Å². The summed E-state index contributed by atoms with van der Waals surface area (Å²) < 4.78 is 11.3. The summed E-state index contributed by atoms with van der Waals surface area (Å²) in [7, 11) is 0. The lowest BCUT2D eigenvalue weighted by molar-refractivity contribution is 0.0314. The fourth-order valence-corrected chi connectivity index (χ4v) is 2.90. The predicted octanol–water partition coefficient (Wildman–Crippen LogP) is 3.40. The van der Waals surface area contributed by atoms with Crippen LogP contribution in [0.15, 0.2) is 40.0 Å². The molecule has 1 unspecified atom stereocenters. The molecule has 1 atom stereocenters. The molecule has 100 valence electrons. The molecule has 5 heteroatoms. The highest BCUT2D eigenvalue weighted by Crippen LogP contribution is 2.25. The summed E-state index contributed by atoms with van der Waals surface area (Å²) in [5, 5.41) is 8.76. The number of hydrogen-bond acceptors (Lipinski definition) is 5. The number of benzene rings is 1. The second-order valence-corrected chi connectivity index (χ2v) is 5.51. The van der Waals surface area contributed by atoms with Gasteiger partial charge in [0, 0.05) is 17.9 Å². The Morgan fingerprint density at radius 3 is 2.84 bits per heavy atom. The summed E-state index contributed by atoms with van der Waals surface area (Å²) in [4.78, 5) is 0. The molecule has 1 aromatic carbocycles. The van der Waals surface area contributed by atoms with Gasteiger partial charge >= 0.3 is 0 Å². The number of ether oxygens (including phenoxy) is 1. The Morgan fingerprint density at radius 2 is 2.05 bits per heavy atom. The number of rotatable bonds is 4. The van der Waals surface area contributed by atoms with Crippen molar-refractivity contribution in [2.24, 2.45) is 0 Å². The van der Waals surface area contributed by atoms with E-state index in [-0.39, 0.29) is 0 Å². The van der Waals surface area contributed by atoms with Crippen LogP contribution in [0.5, 0.6) is 0 Å². The minimum absolute atomic E-state index is 0.325. The second kappa shape index (κ2) is 6.21. The van der Waals surface area contributed by atoms with Crippen molar-refractivity contribution in [2.45, 2.75) is 30.6 Å². The van der Waals surface area contributed by atoms with Gasteiger partial charge in [-0.15, -0.1) is 10.2 Å². The maximum absolute atomic E-state index is 5.68. The quantitative estimate of drug-likeness (QED) is 0.801. The first-order valence-corrected chi connectivity index (χ1v) is 7.54. The fourth-order valence-electron chi connectivity index (χ4n) is 2.07. The molecule has 0 spiro atoms. The average molecular weight is 276 g/mol. The van der Waals surface area contributed by atoms with Crippen LogP contribution in [0.3, 0.4) is 0 Å². The average Bonchev–Trinajstić information content (AvgIpc) is 2.96. The van der Waals surface area contributed by atoms with Crippen LogP contribution in [0, 0.1) is 0 Å². The van der Waals surface area contributed by atoms with Gasteiger partial charge in [-0.2, -0.15) is 0 Å². The number of thioether (sulfide) groups is 1. The van der Waals surface area contributed by atoms with E-state index in [9.17, 15) is 0 Å². The van der Waals surface area contributed by atoms with Crippen molar-refractivity contribution in [3.63, 3.8) is 0 Å². The Labute approximate surface area is 116 Å². The summed E-state index contributed by atoms with van der Waals surface area (Å²) >= 11 is 1.58. The molecule has 0 bridgehead atoms. The van der Waals surface area contributed by atoms with Crippen LogP contribution >= 0.6 is 11.8 Å². The normalized spacial score (nSPS) is 19.5. The van der Waals surface area contributed by atoms with E-state index in [0.717, 1.165) is 24.3 Å². The highest BCUT2D eigenvalue weighted by atomic mass is 32.2. The van der Waals surface area contributed by atoms with Crippen molar-refractivity contribution < 1.29 is 9.15 Å². The van der Waals surface area contributed by atoms with Crippen molar-refractivity contribution in [1.29, 1.82) is 0 Å². The van der Waals surface area contributed by atoms with Gasteiger partial charge in [-0.05, 0) is 31.4 Å². The number of aromatic nitrogens is 2. The zero-order valence-electron chi connectivity index (χ0n) is 10.6. The molecule has 0 saturated carbocycles. The predicted molar refractivity (Wildman–Crippen MR) is 74.0 cm³/mol. The van der Waals surface area contributed by atoms with Gasteiger partial charge in [0.2, 0.25) is 5.89 Å². The molecule has 0 aliphatic carbocycles. The van der Waals surface area contributed by atoms with Crippen LogP contribution in [0.2, 0.25) is 0 Å². The van der Waals surface area contributed by atoms with Crippen LogP contribution in [-0.4, -0.2) is 28.7 Å². The molecular weight excluding hydrogens is 260 g/mol. The van der Waals surface area contributed by atoms with E-state index in [2.05, 4.69) is 10.2 Å². The van der Waals surface area contributed by atoms with E-state index in [1.807, 2.05) is 30.3 Å². The van der Waals surface area contributed by atoms with Crippen molar-refractivity contribution in [3.8, 4) is 11.5 Å². The Balaban J connectivity index is 1.59. The lowest BCUT2D eigenvalue weighted by Gasteiger charge is -2.21. The maximum Gasteiger partial charge on any atom is 0.276 e. The molecule has 3 rings (SSSR count). The highest BCUT2D eigenvalue weighted by molar-refractivity contribution is 7.99. The Bertz CT molecular complexity index is 509. The van der Waals surface area contributed by atoms with Crippen LogP contribution in [-0.2, 0) is 4.74 Å². The third-order valence-corrected chi connectivity index (χ3v) is 4.04. The molecule has 1 fully saturated rings. The minimum Gasteiger partial charge on any atom is -0.411 e.